The fourth-order valence-corrected chi connectivity index (χ4v) is 5.93. The van der Waals surface area contributed by atoms with Crippen LogP contribution < -0.4 is 4.46 Å². The molecule has 0 saturated carbocycles. The van der Waals surface area contributed by atoms with Gasteiger partial charge in [-0.25, -0.2) is 0 Å². The molecule has 1 heterocycles. The molecule has 0 amide bonds. The van der Waals surface area contributed by atoms with Gasteiger partial charge in [-0.1, -0.05) is 0 Å². The quantitative estimate of drug-likeness (QED) is 0.343. The van der Waals surface area contributed by atoms with E-state index < -0.39 is 0 Å². The summed E-state index contributed by atoms with van der Waals surface area (Å²) in [6, 6.07) is 32.7. The fraction of sp³-hybridized carbons (Fsp3) is 0.0417. The normalized spacial score (nSPS) is 13.3. The van der Waals surface area contributed by atoms with Gasteiger partial charge in [0.15, 0.2) is 0 Å². The van der Waals surface area contributed by atoms with E-state index in [4.69, 9.17) is 0 Å². The van der Waals surface area contributed by atoms with E-state index in [0.717, 1.165) is 5.44 Å². The minimum absolute atomic E-state index is 0.410. The Labute approximate surface area is 159 Å². The Morgan fingerprint density at radius 2 is 1.38 bits per heavy atom. The molecule has 0 N–H and O–H groups in total. The standard InChI is InChI=1S/C24H18NSe/c1-2-11-20(12-3-1)25-16-19-10-7-15-23(24(19)26-17-25)22-14-6-9-18-8-4-5-13-21(18)22/h1-16H,17H2/q+1. The van der Waals surface area contributed by atoms with Gasteiger partial charge in [0.05, 0.1) is 0 Å². The SMILES string of the molecule is C1=[N+](c2ccccc2)C[Se]c2c1cccc2-c1cccc2ccccc12. The number of rotatable bonds is 2. The first kappa shape index (κ1) is 15.6. The van der Waals surface area contributed by atoms with E-state index in [0.29, 0.717) is 15.0 Å². The average Bonchev–Trinajstić information content (AvgIpc) is 2.73. The van der Waals surface area contributed by atoms with Crippen molar-refractivity contribution < 1.29 is 4.58 Å². The predicted octanol–water partition coefficient (Wildman–Crippen LogP) is 4.57. The van der Waals surface area contributed by atoms with E-state index in [1.165, 1.54) is 37.6 Å². The molecule has 4 aromatic carbocycles. The molecule has 0 atom stereocenters. The van der Waals surface area contributed by atoms with E-state index >= 15 is 0 Å². The van der Waals surface area contributed by atoms with Crippen molar-refractivity contribution in [2.45, 2.75) is 0 Å². The van der Waals surface area contributed by atoms with Crippen LogP contribution in [0.2, 0.25) is 0 Å². The van der Waals surface area contributed by atoms with Gasteiger partial charge < -0.3 is 0 Å². The second-order valence-corrected chi connectivity index (χ2v) is 8.46. The van der Waals surface area contributed by atoms with Crippen LogP contribution in [0.15, 0.2) is 91.0 Å². The van der Waals surface area contributed by atoms with Gasteiger partial charge >= 0.3 is 160 Å². The Bertz CT molecular complexity index is 1120. The van der Waals surface area contributed by atoms with Gasteiger partial charge in [-0.15, -0.1) is 0 Å². The minimum atomic E-state index is 0.410. The molecule has 0 fully saturated rings. The first-order chi connectivity index (χ1) is 12.9. The van der Waals surface area contributed by atoms with Crippen LogP contribution >= 0.6 is 0 Å². The molecule has 1 nitrogen and oxygen atoms in total. The molecule has 0 saturated heterocycles. The first-order valence-corrected chi connectivity index (χ1v) is 10.9. The topological polar surface area (TPSA) is 3.01 Å². The molecule has 0 spiro atoms. The van der Waals surface area contributed by atoms with Crippen LogP contribution in [0.3, 0.4) is 0 Å². The Kier molecular flexibility index (Phi) is 3.93. The van der Waals surface area contributed by atoms with Crippen molar-refractivity contribution in [3.63, 3.8) is 0 Å². The van der Waals surface area contributed by atoms with Gasteiger partial charge in [0.25, 0.3) is 0 Å². The van der Waals surface area contributed by atoms with Crippen LogP contribution in [0.5, 0.6) is 0 Å². The van der Waals surface area contributed by atoms with E-state index in [9.17, 15) is 0 Å². The van der Waals surface area contributed by atoms with Crippen LogP contribution in [0.4, 0.5) is 5.69 Å². The molecule has 5 rings (SSSR count). The van der Waals surface area contributed by atoms with Crippen molar-refractivity contribution in [1.29, 1.82) is 0 Å². The van der Waals surface area contributed by atoms with Gasteiger partial charge in [-0.05, 0) is 0 Å². The number of para-hydroxylation sites is 1. The predicted molar refractivity (Wildman–Crippen MR) is 111 cm³/mol. The molecule has 124 valence electrons. The Morgan fingerprint density at radius 3 is 2.31 bits per heavy atom. The summed E-state index contributed by atoms with van der Waals surface area (Å²) < 4.78 is 3.90. The summed E-state index contributed by atoms with van der Waals surface area (Å²) in [7, 11) is 0. The number of fused-ring (bicyclic) bond motifs is 2. The van der Waals surface area contributed by atoms with Crippen LogP contribution in [0.25, 0.3) is 21.9 Å². The second kappa shape index (κ2) is 6.57. The van der Waals surface area contributed by atoms with E-state index in [2.05, 4.69) is 102 Å². The monoisotopic (exact) mass is 400 g/mol. The first-order valence-electron chi connectivity index (χ1n) is 8.81. The summed E-state index contributed by atoms with van der Waals surface area (Å²) in [6.45, 7) is 0. The van der Waals surface area contributed by atoms with Crippen molar-refractivity contribution in [1.82, 2.24) is 0 Å². The van der Waals surface area contributed by atoms with Crippen molar-refractivity contribution in [3.8, 4) is 11.1 Å². The third-order valence-electron chi connectivity index (χ3n) is 4.86. The average molecular weight is 399 g/mol. The van der Waals surface area contributed by atoms with Crippen molar-refractivity contribution in [2.75, 3.05) is 5.44 Å². The van der Waals surface area contributed by atoms with Crippen molar-refractivity contribution in [3.05, 3.63) is 96.6 Å². The summed E-state index contributed by atoms with van der Waals surface area (Å²) in [5.74, 6) is 0. The number of hydrogen-bond acceptors (Lipinski definition) is 0. The fourth-order valence-electron chi connectivity index (χ4n) is 3.60. The van der Waals surface area contributed by atoms with Crippen LogP contribution in [-0.4, -0.2) is 31.2 Å². The summed E-state index contributed by atoms with van der Waals surface area (Å²) in [4.78, 5) is 0. The van der Waals surface area contributed by atoms with Gasteiger partial charge in [-0.2, -0.15) is 0 Å². The number of benzene rings is 4. The maximum absolute atomic E-state index is 2.38. The summed E-state index contributed by atoms with van der Waals surface area (Å²) in [6.07, 6.45) is 2.31. The molecule has 1 aliphatic rings. The van der Waals surface area contributed by atoms with E-state index in [1.807, 2.05) is 0 Å². The third-order valence-corrected chi connectivity index (χ3v) is 7.27. The molecule has 0 unspecified atom stereocenters. The van der Waals surface area contributed by atoms with Gasteiger partial charge in [0, 0.05) is 0 Å². The van der Waals surface area contributed by atoms with Crippen LogP contribution in [0, 0.1) is 0 Å². The van der Waals surface area contributed by atoms with E-state index in [1.54, 1.807) is 0 Å². The van der Waals surface area contributed by atoms with Gasteiger partial charge in [-0.3, -0.25) is 0 Å². The zero-order valence-electron chi connectivity index (χ0n) is 14.3. The van der Waals surface area contributed by atoms with Crippen molar-refractivity contribution >= 4 is 42.1 Å². The summed E-state index contributed by atoms with van der Waals surface area (Å²) in [5, 5.41) is 2.64. The van der Waals surface area contributed by atoms with Gasteiger partial charge in [0.2, 0.25) is 0 Å². The molecular weight excluding hydrogens is 381 g/mol. The molecule has 0 aromatic heterocycles. The van der Waals surface area contributed by atoms with Crippen molar-refractivity contribution in [2.24, 2.45) is 0 Å². The molecular formula is C24H18NSe+. The van der Waals surface area contributed by atoms with Crippen LogP contribution in [0.1, 0.15) is 5.56 Å². The molecule has 2 heteroatoms. The summed E-state index contributed by atoms with van der Waals surface area (Å²) in [5.41, 5.74) is 6.44. The maximum atomic E-state index is 2.38. The number of nitrogens with zero attached hydrogens (tertiary/aromatic N) is 1. The molecule has 1 aliphatic heterocycles. The molecule has 26 heavy (non-hydrogen) atoms. The number of hydrogen-bond donors (Lipinski definition) is 0. The van der Waals surface area contributed by atoms with Crippen LogP contribution in [-0.2, 0) is 0 Å². The second-order valence-electron chi connectivity index (χ2n) is 6.46. The molecule has 0 aliphatic carbocycles. The zero-order chi connectivity index (χ0) is 17.3. The Balaban J connectivity index is 1.67. The molecule has 0 bridgehead atoms. The van der Waals surface area contributed by atoms with Gasteiger partial charge in [0.1, 0.15) is 0 Å². The third kappa shape index (κ3) is 2.68. The molecule has 0 radical (unpaired) electrons. The zero-order valence-corrected chi connectivity index (χ0v) is 16.0. The Morgan fingerprint density at radius 1 is 0.654 bits per heavy atom. The van der Waals surface area contributed by atoms with E-state index in [-0.39, 0.29) is 0 Å². The Hall–Kier alpha value is -2.67. The summed E-state index contributed by atoms with van der Waals surface area (Å²) >= 11 is 0.410. The molecule has 4 aromatic rings.